The Morgan fingerprint density at radius 2 is 1.72 bits per heavy atom. The Morgan fingerprint density at radius 1 is 1.04 bits per heavy atom. The normalized spacial score (nSPS) is 16.8. The molecule has 2 aromatic rings. The molecule has 0 bridgehead atoms. The molecule has 0 N–H and O–H groups in total. The van der Waals surface area contributed by atoms with Crippen LogP contribution in [0.2, 0.25) is 0 Å². The quantitative estimate of drug-likeness (QED) is 0.840. The first kappa shape index (κ1) is 17.2. The van der Waals surface area contributed by atoms with Gasteiger partial charge in [-0.05, 0) is 42.7 Å². The largest absolute Gasteiger partial charge is 0.493 e. The van der Waals surface area contributed by atoms with E-state index in [2.05, 4.69) is 0 Å². The van der Waals surface area contributed by atoms with Gasteiger partial charge in [-0.15, -0.1) is 0 Å². The molecule has 1 aliphatic rings. The molecular weight excluding hydrogens is 328 g/mol. The van der Waals surface area contributed by atoms with Crippen LogP contribution >= 0.6 is 0 Å². The highest BCUT2D eigenvalue weighted by Crippen LogP contribution is 2.37. The van der Waals surface area contributed by atoms with Crippen molar-refractivity contribution in [1.29, 1.82) is 0 Å². The van der Waals surface area contributed by atoms with Crippen molar-refractivity contribution in [3.63, 3.8) is 0 Å². The van der Waals surface area contributed by atoms with Crippen molar-refractivity contribution in [3.05, 3.63) is 59.2 Å². The average Bonchev–Trinajstić information content (AvgIpc) is 3.09. The molecule has 1 atom stereocenters. The molecule has 1 saturated heterocycles. The van der Waals surface area contributed by atoms with Crippen LogP contribution in [0.25, 0.3) is 0 Å². The number of methoxy groups -OCH3 is 2. The second-order valence-electron chi connectivity index (χ2n) is 5.93. The van der Waals surface area contributed by atoms with E-state index in [1.54, 1.807) is 25.2 Å². The Morgan fingerprint density at radius 3 is 2.36 bits per heavy atom. The first-order valence-electron chi connectivity index (χ1n) is 8.02. The number of ether oxygens (including phenoxy) is 2. The van der Waals surface area contributed by atoms with Crippen LogP contribution < -0.4 is 9.47 Å². The van der Waals surface area contributed by atoms with Gasteiger partial charge in [0.1, 0.15) is 11.6 Å². The number of hydrogen-bond donors (Lipinski definition) is 0. The summed E-state index contributed by atoms with van der Waals surface area (Å²) in [4.78, 5) is 14.4. The van der Waals surface area contributed by atoms with Crippen molar-refractivity contribution in [1.82, 2.24) is 4.90 Å². The number of carbonyl (C=O) groups excluding carboxylic acids is 1. The fourth-order valence-electron chi connectivity index (χ4n) is 3.26. The molecule has 2 aromatic carbocycles. The summed E-state index contributed by atoms with van der Waals surface area (Å²) in [6, 6.07) is 8.22. The SMILES string of the molecule is COc1ccc([C@H]2CCCN2C(=O)c2cc(F)cc(F)c2)cc1OC. The zero-order valence-electron chi connectivity index (χ0n) is 14.1. The highest BCUT2D eigenvalue weighted by atomic mass is 19.1. The van der Waals surface area contributed by atoms with Gasteiger partial charge in [0, 0.05) is 18.2 Å². The molecule has 1 fully saturated rings. The molecule has 1 aliphatic heterocycles. The molecule has 0 aromatic heterocycles. The van der Waals surface area contributed by atoms with Crippen molar-refractivity contribution >= 4 is 5.91 Å². The topological polar surface area (TPSA) is 38.8 Å². The minimum absolute atomic E-state index is 0.0184. The van der Waals surface area contributed by atoms with Gasteiger partial charge in [0.05, 0.1) is 20.3 Å². The fourth-order valence-corrected chi connectivity index (χ4v) is 3.26. The lowest BCUT2D eigenvalue weighted by Gasteiger charge is -2.26. The molecule has 0 spiro atoms. The van der Waals surface area contributed by atoms with Gasteiger partial charge in [0.2, 0.25) is 0 Å². The van der Waals surface area contributed by atoms with Crippen molar-refractivity contribution in [3.8, 4) is 11.5 Å². The van der Waals surface area contributed by atoms with Crippen molar-refractivity contribution in [2.45, 2.75) is 18.9 Å². The van der Waals surface area contributed by atoms with Gasteiger partial charge in [-0.2, -0.15) is 0 Å². The maximum Gasteiger partial charge on any atom is 0.254 e. The van der Waals surface area contributed by atoms with E-state index in [-0.39, 0.29) is 17.5 Å². The van der Waals surface area contributed by atoms with Crippen molar-refractivity contribution < 1.29 is 23.0 Å². The van der Waals surface area contributed by atoms with E-state index in [9.17, 15) is 13.6 Å². The molecule has 0 aliphatic carbocycles. The second-order valence-corrected chi connectivity index (χ2v) is 5.93. The average molecular weight is 347 g/mol. The number of nitrogens with zero attached hydrogens (tertiary/aromatic N) is 1. The maximum atomic E-state index is 13.4. The summed E-state index contributed by atoms with van der Waals surface area (Å²) in [5.41, 5.74) is 0.922. The zero-order chi connectivity index (χ0) is 18.0. The molecule has 0 unspecified atom stereocenters. The predicted molar refractivity (Wildman–Crippen MR) is 88.9 cm³/mol. The molecular formula is C19H19F2NO3. The van der Waals surface area contributed by atoms with Gasteiger partial charge < -0.3 is 14.4 Å². The zero-order valence-corrected chi connectivity index (χ0v) is 14.1. The summed E-state index contributed by atoms with van der Waals surface area (Å²) >= 11 is 0. The van der Waals surface area contributed by atoms with E-state index in [0.29, 0.717) is 18.0 Å². The van der Waals surface area contributed by atoms with Crippen LogP contribution in [0.3, 0.4) is 0 Å². The van der Waals surface area contributed by atoms with E-state index in [1.165, 1.54) is 0 Å². The molecule has 1 heterocycles. The van der Waals surface area contributed by atoms with E-state index in [1.807, 2.05) is 12.1 Å². The third kappa shape index (κ3) is 3.43. The predicted octanol–water partition coefficient (Wildman–Crippen LogP) is 3.96. The van der Waals surface area contributed by atoms with E-state index >= 15 is 0 Å². The summed E-state index contributed by atoms with van der Waals surface area (Å²) in [6.45, 7) is 0.538. The van der Waals surface area contributed by atoms with Crippen LogP contribution in [-0.2, 0) is 0 Å². The summed E-state index contributed by atoms with van der Waals surface area (Å²) in [6.07, 6.45) is 1.60. The second kappa shape index (κ2) is 7.09. The van der Waals surface area contributed by atoms with Gasteiger partial charge in [0.25, 0.3) is 5.91 Å². The Hall–Kier alpha value is -2.63. The van der Waals surface area contributed by atoms with E-state index in [0.717, 1.165) is 36.6 Å². The van der Waals surface area contributed by atoms with Gasteiger partial charge >= 0.3 is 0 Å². The van der Waals surface area contributed by atoms with Crippen molar-refractivity contribution in [2.75, 3.05) is 20.8 Å². The maximum absolute atomic E-state index is 13.4. The van der Waals surface area contributed by atoms with E-state index in [4.69, 9.17) is 9.47 Å². The number of likely N-dealkylation sites (tertiary alicyclic amines) is 1. The lowest BCUT2D eigenvalue weighted by molar-refractivity contribution is 0.0734. The number of carbonyl (C=O) groups is 1. The summed E-state index contributed by atoms with van der Waals surface area (Å²) < 4.78 is 37.4. The Kier molecular flexibility index (Phi) is 4.88. The van der Waals surface area contributed by atoms with Crippen LogP contribution in [0.5, 0.6) is 11.5 Å². The number of benzene rings is 2. The molecule has 0 radical (unpaired) electrons. The standard InChI is InChI=1S/C19H19F2NO3/c1-24-17-6-5-12(10-18(17)25-2)16-4-3-7-22(16)19(23)13-8-14(20)11-15(21)9-13/h5-6,8-11,16H,3-4,7H2,1-2H3/t16-/m1/s1. The molecule has 25 heavy (non-hydrogen) atoms. The Labute approximate surface area is 145 Å². The summed E-state index contributed by atoms with van der Waals surface area (Å²) in [5.74, 6) is -0.712. The highest BCUT2D eigenvalue weighted by Gasteiger charge is 2.31. The summed E-state index contributed by atoms with van der Waals surface area (Å²) in [7, 11) is 3.11. The molecule has 1 amide bonds. The smallest absolute Gasteiger partial charge is 0.254 e. The first-order chi connectivity index (χ1) is 12.0. The molecule has 0 saturated carbocycles. The number of amides is 1. The fraction of sp³-hybridized carbons (Fsp3) is 0.316. The van der Waals surface area contributed by atoms with Crippen LogP contribution in [-0.4, -0.2) is 31.6 Å². The molecule has 3 rings (SSSR count). The van der Waals surface area contributed by atoms with Crippen molar-refractivity contribution in [2.24, 2.45) is 0 Å². The minimum atomic E-state index is -0.759. The lowest BCUT2D eigenvalue weighted by Crippen LogP contribution is -2.30. The van der Waals surface area contributed by atoms with Gasteiger partial charge in [-0.25, -0.2) is 8.78 Å². The Bertz CT molecular complexity index is 774. The molecule has 132 valence electrons. The van der Waals surface area contributed by atoms with Crippen LogP contribution in [0.1, 0.15) is 34.8 Å². The number of hydrogen-bond acceptors (Lipinski definition) is 3. The van der Waals surface area contributed by atoms with Crippen LogP contribution in [0.4, 0.5) is 8.78 Å². The Balaban J connectivity index is 1.91. The van der Waals surface area contributed by atoms with Gasteiger partial charge in [0.15, 0.2) is 11.5 Å². The monoisotopic (exact) mass is 347 g/mol. The lowest BCUT2D eigenvalue weighted by atomic mass is 10.0. The molecule has 4 nitrogen and oxygen atoms in total. The third-order valence-corrected chi connectivity index (χ3v) is 4.42. The van der Waals surface area contributed by atoms with Crippen LogP contribution in [0, 0.1) is 11.6 Å². The number of rotatable bonds is 4. The van der Waals surface area contributed by atoms with Gasteiger partial charge in [-0.3, -0.25) is 4.79 Å². The third-order valence-electron chi connectivity index (χ3n) is 4.42. The first-order valence-corrected chi connectivity index (χ1v) is 8.02. The molecule has 6 heteroatoms. The van der Waals surface area contributed by atoms with Crippen LogP contribution in [0.15, 0.2) is 36.4 Å². The minimum Gasteiger partial charge on any atom is -0.493 e. The summed E-state index contributed by atoms with van der Waals surface area (Å²) in [5, 5.41) is 0. The van der Waals surface area contributed by atoms with Gasteiger partial charge in [-0.1, -0.05) is 6.07 Å². The highest BCUT2D eigenvalue weighted by molar-refractivity contribution is 5.94. The number of halogens is 2. The van der Waals surface area contributed by atoms with E-state index < -0.39 is 11.6 Å².